The maximum Gasteiger partial charge on any atom is 0.309 e. The van der Waals surface area contributed by atoms with Gasteiger partial charge in [-0.15, -0.1) is 11.3 Å². The van der Waals surface area contributed by atoms with Gasteiger partial charge in [0.1, 0.15) is 22.9 Å². The molecule has 0 aliphatic carbocycles. The average Bonchev–Trinajstić information content (AvgIpc) is 3.48. The molecule has 0 bridgehead atoms. The number of hydrogen-bond donors (Lipinski definition) is 3. The van der Waals surface area contributed by atoms with E-state index in [9.17, 15) is 29.4 Å². The number of hydrogen-bond acceptors (Lipinski definition) is 13. The van der Waals surface area contributed by atoms with Crippen molar-refractivity contribution in [3.8, 4) is 0 Å². The second-order valence-electron chi connectivity index (χ2n) is 14.3. The first-order chi connectivity index (χ1) is 23.4. The van der Waals surface area contributed by atoms with E-state index >= 15 is 0 Å². The van der Waals surface area contributed by atoms with Gasteiger partial charge in [0.15, 0.2) is 0 Å². The summed E-state index contributed by atoms with van der Waals surface area (Å²) in [7, 11) is 6.51. The van der Waals surface area contributed by atoms with E-state index in [1.807, 2.05) is 38.5 Å². The Morgan fingerprint density at radius 2 is 1.94 bits per heavy atom. The average molecular weight is 774 g/mol. The Hall–Kier alpha value is -1.62. The van der Waals surface area contributed by atoms with Crippen LogP contribution >= 0.6 is 42.8 Å². The lowest BCUT2D eigenvalue weighted by atomic mass is 9.73. The normalized spacial score (nSPS) is 30.2. The van der Waals surface area contributed by atoms with E-state index in [0.717, 1.165) is 24.8 Å². The van der Waals surface area contributed by atoms with E-state index in [0.29, 0.717) is 29.3 Å². The Morgan fingerprint density at radius 1 is 1.24 bits per heavy atom. The number of carbonyl (C=O) groups excluding carboxylic acids is 4. The minimum Gasteiger partial charge on any atom is -0.458 e. The lowest BCUT2D eigenvalue weighted by Crippen LogP contribution is -2.45. The van der Waals surface area contributed by atoms with Crippen LogP contribution in [0.5, 0.6) is 0 Å². The van der Waals surface area contributed by atoms with Gasteiger partial charge in [-0.25, -0.2) is 4.98 Å². The van der Waals surface area contributed by atoms with Crippen molar-refractivity contribution in [1.29, 1.82) is 0 Å². The number of esters is 1. The molecule has 3 N–H and O–H groups in total. The van der Waals surface area contributed by atoms with Crippen LogP contribution in [0.4, 0.5) is 0 Å². The summed E-state index contributed by atoms with van der Waals surface area (Å²) in [5.74, 6) is -1.43. The molecule has 2 saturated heterocycles. The molecule has 1 aromatic rings. The van der Waals surface area contributed by atoms with Gasteiger partial charge in [-0.3, -0.25) is 19.2 Å². The van der Waals surface area contributed by atoms with Gasteiger partial charge in [0.05, 0.1) is 48.0 Å². The molecule has 1 unspecified atom stereocenters. The van der Waals surface area contributed by atoms with Crippen LogP contribution in [-0.2, 0) is 35.2 Å². The third kappa shape index (κ3) is 11.7. The van der Waals surface area contributed by atoms with Crippen LogP contribution in [0.1, 0.15) is 97.7 Å². The van der Waals surface area contributed by atoms with Crippen LogP contribution in [0.15, 0.2) is 11.0 Å². The smallest absolute Gasteiger partial charge is 0.309 e. The van der Waals surface area contributed by atoms with Gasteiger partial charge < -0.3 is 29.9 Å². The molecule has 3 rings (SSSR count). The first-order valence-electron chi connectivity index (χ1n) is 17.2. The lowest BCUT2D eigenvalue weighted by Gasteiger charge is -2.34. The molecule has 2 fully saturated rings. The maximum absolute atomic E-state index is 13.4. The molecule has 1 aromatic heterocycles. The fraction of sp³-hybridized carbons (Fsp3) is 0.743. The van der Waals surface area contributed by atoms with Gasteiger partial charge in [-0.1, -0.05) is 55.7 Å². The van der Waals surface area contributed by atoms with Crippen LogP contribution in [0.3, 0.4) is 0 Å². The summed E-state index contributed by atoms with van der Waals surface area (Å²) in [6.45, 7) is 12.6. The zero-order valence-corrected chi connectivity index (χ0v) is 34.0. The number of amides is 2. The zero-order chi connectivity index (χ0) is 37.4. The van der Waals surface area contributed by atoms with Crippen molar-refractivity contribution in [2.75, 3.05) is 19.1 Å². The topological polar surface area (TPSA) is 159 Å². The fourth-order valence-corrected chi connectivity index (χ4v) is 9.52. The number of ether oxygens (including phenoxy) is 2. The summed E-state index contributed by atoms with van der Waals surface area (Å²) >= 11 is 1.38. The summed E-state index contributed by atoms with van der Waals surface area (Å²) in [6, 6.07) is -0.628. The number of ketones is 1. The number of nitrogens with zero attached hydrogens (tertiary/aromatic N) is 2. The Kier molecular flexibility index (Phi) is 16.2. The van der Waals surface area contributed by atoms with Gasteiger partial charge in [-0.2, -0.15) is 0 Å². The molecule has 50 heavy (non-hydrogen) atoms. The van der Waals surface area contributed by atoms with Gasteiger partial charge in [0, 0.05) is 36.9 Å². The zero-order valence-electron chi connectivity index (χ0n) is 30.7. The van der Waals surface area contributed by atoms with Crippen molar-refractivity contribution in [2.24, 2.45) is 17.3 Å². The molecule has 2 aliphatic heterocycles. The Morgan fingerprint density at radius 3 is 2.62 bits per heavy atom. The third-order valence-electron chi connectivity index (χ3n) is 10.1. The largest absolute Gasteiger partial charge is 0.458 e. The van der Waals surface area contributed by atoms with Crippen LogP contribution in [0, 0.1) is 17.3 Å². The lowest BCUT2D eigenvalue weighted by molar-refractivity contribution is -0.154. The van der Waals surface area contributed by atoms with E-state index in [2.05, 4.69) is 10.3 Å². The number of likely N-dealkylation sites (N-methyl/N-ethyl adjacent to an activating group) is 1. The summed E-state index contributed by atoms with van der Waals surface area (Å²) in [5.41, 5.74) is -0.260. The summed E-state index contributed by atoms with van der Waals surface area (Å²) in [4.78, 5) is 58.1. The number of aliphatic hydroxyl groups excluding tert-OH is 2. The molecule has 282 valence electrons. The molecule has 2 amide bonds. The summed E-state index contributed by atoms with van der Waals surface area (Å²) in [6.07, 6.45) is 3.58. The minimum atomic E-state index is -1.30. The van der Waals surface area contributed by atoms with Gasteiger partial charge in [0.2, 0.25) is 11.8 Å². The Labute approximate surface area is 312 Å². The van der Waals surface area contributed by atoms with Crippen LogP contribution in [0.2, 0.25) is 0 Å². The first-order valence-corrected chi connectivity index (χ1v) is 22.1. The van der Waals surface area contributed by atoms with Crippen molar-refractivity contribution in [3.05, 3.63) is 21.7 Å². The summed E-state index contributed by atoms with van der Waals surface area (Å²) < 4.78 is 12.1. The highest BCUT2D eigenvalue weighted by molar-refractivity contribution is 9.09. The van der Waals surface area contributed by atoms with E-state index in [4.69, 9.17) is 9.47 Å². The van der Waals surface area contributed by atoms with Crippen molar-refractivity contribution in [2.45, 2.75) is 130 Å². The van der Waals surface area contributed by atoms with Gasteiger partial charge in [0.25, 0.3) is 0 Å². The number of aliphatic hydroxyl groups is 2. The van der Waals surface area contributed by atoms with Gasteiger partial charge in [-0.05, 0) is 67.3 Å². The predicted molar refractivity (Wildman–Crippen MR) is 203 cm³/mol. The number of carbonyl (C=O) groups is 4. The first kappa shape index (κ1) is 42.8. The van der Waals surface area contributed by atoms with Crippen molar-refractivity contribution >= 4 is 72.4 Å². The highest BCUT2D eigenvalue weighted by Crippen LogP contribution is 2.45. The molecule has 0 spiro atoms. The number of cyclic esters (lactones) is 1. The van der Waals surface area contributed by atoms with E-state index in [1.165, 1.54) is 16.2 Å². The highest BCUT2D eigenvalue weighted by Gasteiger charge is 2.53. The second-order valence-corrected chi connectivity index (χ2v) is 19.7. The number of fused-ring (bicyclic) bond motifs is 1. The number of rotatable bonds is 11. The molecule has 3 heterocycles. The molecule has 0 saturated carbocycles. The van der Waals surface area contributed by atoms with Crippen LogP contribution in [-0.4, -0.2) is 98.8 Å². The quantitative estimate of drug-likeness (QED) is 0.110. The van der Waals surface area contributed by atoms with E-state index < -0.39 is 41.7 Å². The highest BCUT2D eigenvalue weighted by atomic mass is 33.5. The molecule has 0 aromatic carbocycles. The predicted octanol–water partition coefficient (Wildman–Crippen LogP) is 5.68. The molecule has 2 aliphatic rings. The number of epoxide rings is 1. The van der Waals surface area contributed by atoms with Gasteiger partial charge >= 0.3 is 5.97 Å². The van der Waals surface area contributed by atoms with Crippen molar-refractivity contribution in [3.63, 3.8) is 0 Å². The third-order valence-corrected chi connectivity index (χ3v) is 14.9. The molecule has 11 nitrogen and oxygen atoms in total. The fourth-order valence-electron chi connectivity index (χ4n) is 6.18. The minimum absolute atomic E-state index is 0.0870. The summed E-state index contributed by atoms with van der Waals surface area (Å²) in [5, 5.41) is 27.4. The molecular formula is C35H55N3O8S4. The van der Waals surface area contributed by atoms with E-state index in [-0.39, 0.29) is 48.2 Å². The van der Waals surface area contributed by atoms with Crippen LogP contribution in [0.25, 0.3) is 6.08 Å². The molecular weight excluding hydrogens is 719 g/mol. The monoisotopic (exact) mass is 773 g/mol. The van der Waals surface area contributed by atoms with E-state index in [1.54, 1.807) is 66.2 Å². The maximum atomic E-state index is 13.4. The molecule has 8 atom stereocenters. The number of thiazole rings is 1. The van der Waals surface area contributed by atoms with Crippen LogP contribution < -0.4 is 5.32 Å². The number of nitrogens with one attached hydrogen (secondary N) is 1. The SMILES string of the molecule is CSSSCCC(=O)N(C)[C@@H](C)C(=O)NCc1nc(C=C(C)[C@@H]2CC3O[C@]3(C)CCC[C@H](C)[C@H](O)[C@@H](C)C(=O)C(C)(C)[C@@H](O)CC(=O)O2)cs1. The number of aromatic nitrogens is 1. The Balaban J connectivity index is 1.69. The second kappa shape index (κ2) is 18.9. The van der Waals surface area contributed by atoms with Crippen molar-refractivity contribution < 1.29 is 38.9 Å². The standard InChI is InChI=1S/C35H55N3O8S4/c1-20-11-10-13-35(7)27(46-35)16-25(45-30(41)17-26(39)34(5,6)32(43)22(3)31(20)42)21(2)15-24-19-48-28(37-24)18-36-33(44)23(4)38(8)29(40)12-14-49-50-47-9/h15,19-20,22-23,25-27,31,39,42H,10-14,16-18H2,1-9H3,(H,36,44)/t20-,22+,23-,25-,26-,27?,31-,35+/m0/s1. The molecule has 15 heteroatoms. The Bertz CT molecular complexity index is 1370. The molecule has 0 radical (unpaired) electrons. The number of Topliss-reactive ketones (excluding diaryl/α,β-unsaturated/α-hetero) is 1. The van der Waals surface area contributed by atoms with Crippen molar-refractivity contribution in [1.82, 2.24) is 15.2 Å².